The van der Waals surface area contributed by atoms with Crippen LogP contribution in [0.2, 0.25) is 0 Å². The van der Waals surface area contributed by atoms with Crippen molar-refractivity contribution in [3.05, 3.63) is 138 Å². The predicted molar refractivity (Wildman–Crippen MR) is 150 cm³/mol. The number of ether oxygens (including phenoxy) is 1. The molecule has 0 unspecified atom stereocenters. The molecule has 186 valence electrons. The number of carbonyl (C=O) groups is 1. The van der Waals surface area contributed by atoms with Gasteiger partial charge in [0.15, 0.2) is 11.5 Å². The SMILES string of the molecule is COc1cc(C2=N/C(N[C@@H](C)c3cccc(NC(=O)C4=C/C=C/C=C/C=C\4)c3)=C\C=C\C=C\2)ccc1O. The van der Waals surface area contributed by atoms with Gasteiger partial charge in [-0.15, -0.1) is 0 Å². The number of rotatable bonds is 7. The highest BCUT2D eigenvalue weighted by Gasteiger charge is 2.12. The van der Waals surface area contributed by atoms with Gasteiger partial charge in [-0.25, -0.2) is 4.99 Å². The Balaban J connectivity index is 1.51. The van der Waals surface area contributed by atoms with Crippen LogP contribution in [0.15, 0.2) is 132 Å². The number of anilines is 1. The molecule has 0 saturated carbocycles. The number of nitrogens with zero attached hydrogens (tertiary/aromatic N) is 1. The van der Waals surface area contributed by atoms with Crippen molar-refractivity contribution in [2.45, 2.75) is 13.0 Å². The van der Waals surface area contributed by atoms with Crippen LogP contribution in [-0.2, 0) is 4.79 Å². The van der Waals surface area contributed by atoms with Gasteiger partial charge in [-0.2, -0.15) is 0 Å². The van der Waals surface area contributed by atoms with Crippen LogP contribution in [0.5, 0.6) is 11.5 Å². The van der Waals surface area contributed by atoms with Gasteiger partial charge in [0.1, 0.15) is 5.82 Å². The van der Waals surface area contributed by atoms with Gasteiger partial charge in [0.25, 0.3) is 5.91 Å². The Morgan fingerprint density at radius 3 is 2.54 bits per heavy atom. The number of aromatic hydroxyl groups is 1. The van der Waals surface area contributed by atoms with E-state index in [1.165, 1.54) is 7.11 Å². The van der Waals surface area contributed by atoms with Crippen molar-refractivity contribution >= 4 is 17.3 Å². The summed E-state index contributed by atoms with van der Waals surface area (Å²) in [5.74, 6) is 0.961. The zero-order valence-corrected chi connectivity index (χ0v) is 20.8. The van der Waals surface area contributed by atoms with Crippen LogP contribution in [-0.4, -0.2) is 23.8 Å². The van der Waals surface area contributed by atoms with Crippen molar-refractivity contribution < 1.29 is 14.6 Å². The Bertz CT molecular complexity index is 1400. The molecule has 0 fully saturated rings. The summed E-state index contributed by atoms with van der Waals surface area (Å²) in [6.45, 7) is 2.04. The smallest absolute Gasteiger partial charge is 0.255 e. The minimum absolute atomic E-state index is 0.0752. The second kappa shape index (κ2) is 12.2. The summed E-state index contributed by atoms with van der Waals surface area (Å²) in [4.78, 5) is 17.6. The third-order valence-electron chi connectivity index (χ3n) is 5.71. The molecule has 2 aliphatic rings. The van der Waals surface area contributed by atoms with Crippen molar-refractivity contribution in [3.63, 3.8) is 0 Å². The zero-order chi connectivity index (χ0) is 26.0. The van der Waals surface area contributed by atoms with Crippen molar-refractivity contribution in [2.75, 3.05) is 12.4 Å². The molecule has 1 heterocycles. The van der Waals surface area contributed by atoms with E-state index < -0.39 is 0 Å². The van der Waals surface area contributed by atoms with Crippen molar-refractivity contribution in [2.24, 2.45) is 4.99 Å². The fourth-order valence-corrected chi connectivity index (χ4v) is 3.75. The van der Waals surface area contributed by atoms with E-state index in [0.29, 0.717) is 22.8 Å². The molecule has 0 bridgehead atoms. The highest BCUT2D eigenvalue weighted by Crippen LogP contribution is 2.27. The molecule has 3 N–H and O–H groups in total. The number of hydrogen-bond acceptors (Lipinski definition) is 5. The predicted octanol–water partition coefficient (Wildman–Crippen LogP) is 6.06. The van der Waals surface area contributed by atoms with Crippen LogP contribution in [0, 0.1) is 0 Å². The topological polar surface area (TPSA) is 83.0 Å². The molecule has 2 aromatic rings. The van der Waals surface area contributed by atoms with Gasteiger partial charge >= 0.3 is 0 Å². The van der Waals surface area contributed by atoms with Crippen molar-refractivity contribution in [1.82, 2.24) is 5.32 Å². The van der Waals surface area contributed by atoms with E-state index in [4.69, 9.17) is 9.73 Å². The van der Waals surface area contributed by atoms with E-state index in [1.807, 2.05) is 91.9 Å². The van der Waals surface area contributed by atoms with Crippen LogP contribution < -0.4 is 15.4 Å². The number of methoxy groups -OCH3 is 1. The van der Waals surface area contributed by atoms with Crippen LogP contribution in [0.1, 0.15) is 24.1 Å². The average Bonchev–Trinajstić information content (AvgIpc) is 2.86. The fourth-order valence-electron chi connectivity index (χ4n) is 3.75. The molecule has 1 amide bonds. The number of aliphatic imine (C=N–C) groups is 1. The molecule has 0 aromatic heterocycles. The van der Waals surface area contributed by atoms with Crippen LogP contribution in [0.3, 0.4) is 0 Å². The van der Waals surface area contributed by atoms with Gasteiger partial charge < -0.3 is 20.5 Å². The Hall–Kier alpha value is -4.84. The van der Waals surface area contributed by atoms with E-state index in [-0.39, 0.29) is 17.7 Å². The summed E-state index contributed by atoms with van der Waals surface area (Å²) in [5, 5.41) is 16.4. The summed E-state index contributed by atoms with van der Waals surface area (Å²) in [5.41, 5.74) is 3.81. The van der Waals surface area contributed by atoms with E-state index >= 15 is 0 Å². The van der Waals surface area contributed by atoms with E-state index in [0.717, 1.165) is 16.8 Å². The second-order valence-electron chi connectivity index (χ2n) is 8.38. The van der Waals surface area contributed by atoms with Gasteiger partial charge in [0.05, 0.1) is 18.9 Å². The van der Waals surface area contributed by atoms with Gasteiger partial charge in [-0.05, 0) is 67.1 Å². The summed E-state index contributed by atoms with van der Waals surface area (Å²) < 4.78 is 5.25. The number of allylic oxidation sites excluding steroid dienone is 11. The molecule has 6 heteroatoms. The minimum atomic E-state index is -0.174. The fraction of sp³-hybridized carbons (Fsp3) is 0.0968. The summed E-state index contributed by atoms with van der Waals surface area (Å²) >= 11 is 0. The van der Waals surface area contributed by atoms with Gasteiger partial charge in [0, 0.05) is 16.8 Å². The largest absolute Gasteiger partial charge is 0.504 e. The van der Waals surface area contributed by atoms with Crippen molar-refractivity contribution in [3.8, 4) is 11.5 Å². The second-order valence-corrected chi connectivity index (χ2v) is 8.38. The monoisotopic (exact) mass is 491 g/mol. The summed E-state index contributed by atoms with van der Waals surface area (Å²) in [6.07, 6.45) is 22.5. The maximum Gasteiger partial charge on any atom is 0.255 e. The zero-order valence-electron chi connectivity index (χ0n) is 20.8. The number of phenols is 1. The van der Waals surface area contributed by atoms with E-state index in [1.54, 1.807) is 30.4 Å². The number of phenolic OH excluding ortho intramolecular Hbond substituents is 1. The highest BCUT2D eigenvalue weighted by atomic mass is 16.5. The average molecular weight is 492 g/mol. The number of benzene rings is 2. The Morgan fingerprint density at radius 1 is 0.919 bits per heavy atom. The van der Waals surface area contributed by atoms with Crippen LogP contribution in [0.4, 0.5) is 5.69 Å². The molecular weight excluding hydrogens is 462 g/mol. The van der Waals surface area contributed by atoms with Gasteiger partial charge in [0.2, 0.25) is 0 Å². The summed E-state index contributed by atoms with van der Waals surface area (Å²) in [6, 6.07) is 12.8. The van der Waals surface area contributed by atoms with Crippen LogP contribution >= 0.6 is 0 Å². The molecule has 1 aliphatic heterocycles. The third kappa shape index (κ3) is 6.86. The van der Waals surface area contributed by atoms with Gasteiger partial charge in [-0.3, -0.25) is 4.79 Å². The first-order valence-electron chi connectivity index (χ1n) is 11.9. The first kappa shape index (κ1) is 25.3. The van der Waals surface area contributed by atoms with Gasteiger partial charge in [-0.1, -0.05) is 60.7 Å². The maximum absolute atomic E-state index is 12.8. The first-order valence-corrected chi connectivity index (χ1v) is 11.9. The molecule has 2 aromatic carbocycles. The molecule has 37 heavy (non-hydrogen) atoms. The first-order chi connectivity index (χ1) is 18.0. The molecular formula is C31H29N3O3. The normalized spacial score (nSPS) is 23.9. The van der Waals surface area contributed by atoms with E-state index in [9.17, 15) is 9.90 Å². The maximum atomic E-state index is 12.8. The molecule has 1 aliphatic carbocycles. The lowest BCUT2D eigenvalue weighted by Gasteiger charge is -2.18. The number of carbonyl (C=O) groups excluding carboxylic acids is 1. The number of nitrogens with one attached hydrogen (secondary N) is 2. The Morgan fingerprint density at radius 2 is 1.68 bits per heavy atom. The van der Waals surface area contributed by atoms with Crippen molar-refractivity contribution in [1.29, 1.82) is 0 Å². The third-order valence-corrected chi connectivity index (χ3v) is 5.71. The highest BCUT2D eigenvalue weighted by molar-refractivity contribution is 6.09. The lowest BCUT2D eigenvalue weighted by Crippen LogP contribution is -2.19. The minimum Gasteiger partial charge on any atom is -0.504 e. The number of hydrogen-bond donors (Lipinski definition) is 3. The quantitative estimate of drug-likeness (QED) is 0.440. The molecule has 0 spiro atoms. The molecule has 0 radical (unpaired) electrons. The van der Waals surface area contributed by atoms with E-state index in [2.05, 4.69) is 10.6 Å². The standard InChI is InChI=1S/C31H29N3O3/c1-22(24-14-11-15-26(20-24)33-31(36)23-12-7-4-3-5-8-13-23)32-30-17-10-6-9-16-27(34-30)25-18-19-28(35)29(21-25)37-2/h3-22,35H,1-2H3,(H,32,34)(H,33,36)/b4-3+,5-3?,7-4?,8-5+,12-7-,13-8?,23-12?,23-13+/t22-/m0/s1. The Kier molecular flexibility index (Phi) is 8.34. The molecule has 0 saturated heterocycles. The number of amides is 1. The molecule has 4 rings (SSSR count). The molecule has 1 atom stereocenters. The van der Waals surface area contributed by atoms with Crippen LogP contribution in [0.25, 0.3) is 0 Å². The lowest BCUT2D eigenvalue weighted by molar-refractivity contribution is -0.112. The molecule has 6 nitrogen and oxygen atoms in total. The summed E-state index contributed by atoms with van der Waals surface area (Å²) in [7, 11) is 1.52. The lowest BCUT2D eigenvalue weighted by atomic mass is 10.1. The Labute approximate surface area is 217 Å².